The lowest BCUT2D eigenvalue weighted by molar-refractivity contribution is 0.474. The van der Waals surface area contributed by atoms with Gasteiger partial charge in [0.15, 0.2) is 5.82 Å². The molecule has 0 aliphatic heterocycles. The van der Waals surface area contributed by atoms with Gasteiger partial charge in [0.2, 0.25) is 0 Å². The molecule has 3 N–H and O–H groups in total. The summed E-state index contributed by atoms with van der Waals surface area (Å²) in [6.07, 6.45) is 0. The molecule has 106 valence electrons. The summed E-state index contributed by atoms with van der Waals surface area (Å²) in [4.78, 5) is 0. The summed E-state index contributed by atoms with van der Waals surface area (Å²) in [5.41, 5.74) is 8.82. The van der Waals surface area contributed by atoms with Gasteiger partial charge in [-0.15, -0.1) is 5.10 Å². The molecule has 1 heterocycles. The molecule has 0 atom stereocenters. The maximum Gasteiger partial charge on any atom is 0.155 e. The lowest BCUT2D eigenvalue weighted by atomic mass is 10.1. The van der Waals surface area contributed by atoms with Gasteiger partial charge >= 0.3 is 0 Å². The van der Waals surface area contributed by atoms with Gasteiger partial charge in [-0.3, -0.25) is 0 Å². The Balaban J connectivity index is 2.09. The fourth-order valence-electron chi connectivity index (χ4n) is 2.16. The van der Waals surface area contributed by atoms with Crippen molar-refractivity contribution < 1.29 is 9.50 Å². The molecule has 3 rings (SSSR count). The van der Waals surface area contributed by atoms with E-state index in [1.54, 1.807) is 30.3 Å². The number of rotatable bonds is 2. The van der Waals surface area contributed by atoms with Crippen LogP contribution in [-0.2, 0) is 0 Å². The van der Waals surface area contributed by atoms with Gasteiger partial charge in [-0.05, 0) is 55.0 Å². The number of benzene rings is 2. The second kappa shape index (κ2) is 4.90. The quantitative estimate of drug-likeness (QED) is 0.758. The van der Waals surface area contributed by atoms with Crippen LogP contribution in [0.25, 0.3) is 16.9 Å². The van der Waals surface area contributed by atoms with Crippen molar-refractivity contribution in [2.45, 2.75) is 6.92 Å². The predicted molar refractivity (Wildman–Crippen MR) is 77.6 cm³/mol. The van der Waals surface area contributed by atoms with Crippen LogP contribution in [0.5, 0.6) is 5.75 Å². The zero-order valence-corrected chi connectivity index (χ0v) is 11.3. The molecule has 0 amide bonds. The Kier molecular flexibility index (Phi) is 3.06. The van der Waals surface area contributed by atoms with Crippen LogP contribution < -0.4 is 5.73 Å². The molecule has 1 aromatic heterocycles. The van der Waals surface area contributed by atoms with Crippen molar-refractivity contribution in [1.82, 2.24) is 15.0 Å². The zero-order valence-electron chi connectivity index (χ0n) is 11.3. The van der Waals surface area contributed by atoms with Crippen LogP contribution in [0, 0.1) is 12.7 Å². The van der Waals surface area contributed by atoms with Gasteiger partial charge in [-0.25, -0.2) is 4.39 Å². The topological polar surface area (TPSA) is 77.0 Å². The van der Waals surface area contributed by atoms with Gasteiger partial charge < -0.3 is 10.8 Å². The number of aromatic nitrogens is 3. The number of phenolic OH excluding ortho intramolecular Hbond substituents is 1. The van der Waals surface area contributed by atoms with E-state index < -0.39 is 0 Å². The van der Waals surface area contributed by atoms with Crippen molar-refractivity contribution in [3.8, 4) is 22.7 Å². The molecule has 21 heavy (non-hydrogen) atoms. The molecular formula is C15H13FN4O. The van der Waals surface area contributed by atoms with E-state index in [0.29, 0.717) is 17.1 Å². The second-order valence-electron chi connectivity index (χ2n) is 4.71. The number of nitrogens with two attached hydrogens (primary N) is 1. The molecule has 0 radical (unpaired) electrons. The van der Waals surface area contributed by atoms with Gasteiger partial charge in [0, 0.05) is 5.56 Å². The maximum atomic E-state index is 13.0. The van der Waals surface area contributed by atoms with E-state index in [-0.39, 0.29) is 11.6 Å². The molecule has 0 spiro atoms. The highest BCUT2D eigenvalue weighted by Gasteiger charge is 2.14. The number of nitrogen functional groups attached to an aromatic ring is 1. The first-order chi connectivity index (χ1) is 10.1. The van der Waals surface area contributed by atoms with E-state index >= 15 is 0 Å². The first kappa shape index (κ1) is 13.1. The Morgan fingerprint density at radius 1 is 1.14 bits per heavy atom. The number of aromatic hydroxyl groups is 1. The lowest BCUT2D eigenvalue weighted by Gasteiger charge is -2.07. The molecule has 6 heteroatoms. The minimum absolute atomic E-state index is 0.175. The Morgan fingerprint density at radius 2 is 1.86 bits per heavy atom. The summed E-state index contributed by atoms with van der Waals surface area (Å²) in [6, 6.07) is 10.8. The Bertz CT molecular complexity index is 796. The third kappa shape index (κ3) is 2.31. The van der Waals surface area contributed by atoms with Crippen LogP contribution >= 0.6 is 0 Å². The van der Waals surface area contributed by atoms with E-state index in [1.807, 2.05) is 6.92 Å². The van der Waals surface area contributed by atoms with Gasteiger partial charge in [-0.1, -0.05) is 5.21 Å². The zero-order chi connectivity index (χ0) is 15.0. The lowest BCUT2D eigenvalue weighted by Crippen LogP contribution is -2.04. The average molecular weight is 284 g/mol. The molecule has 0 saturated carbocycles. The van der Waals surface area contributed by atoms with Crippen LogP contribution in [0.4, 0.5) is 10.2 Å². The first-order valence-electron chi connectivity index (χ1n) is 6.33. The fourth-order valence-corrected chi connectivity index (χ4v) is 2.16. The highest BCUT2D eigenvalue weighted by Crippen LogP contribution is 2.27. The third-order valence-corrected chi connectivity index (χ3v) is 3.23. The number of aryl methyl sites for hydroxylation is 1. The molecule has 0 fully saturated rings. The van der Waals surface area contributed by atoms with Gasteiger partial charge in [0.05, 0.1) is 5.69 Å². The predicted octanol–water partition coefficient (Wildman–Crippen LogP) is 2.67. The molecule has 2 aromatic carbocycles. The Hall–Kier alpha value is -2.89. The standard InChI is InChI=1S/C15H13FN4O/c1-9-8-12(21)6-7-13(9)20-15(17)14(18-19-20)10-2-4-11(16)5-3-10/h2-8,21H,17H2,1H3. The first-order valence-corrected chi connectivity index (χ1v) is 6.33. The average Bonchev–Trinajstić information content (AvgIpc) is 2.82. The summed E-state index contributed by atoms with van der Waals surface area (Å²) in [7, 11) is 0. The van der Waals surface area contributed by atoms with Crippen molar-refractivity contribution in [1.29, 1.82) is 0 Å². The summed E-state index contributed by atoms with van der Waals surface area (Å²) in [6.45, 7) is 1.84. The number of hydrogen-bond donors (Lipinski definition) is 2. The normalized spacial score (nSPS) is 10.8. The van der Waals surface area contributed by atoms with Crippen molar-refractivity contribution in [3.05, 3.63) is 53.8 Å². The maximum absolute atomic E-state index is 13.0. The number of halogens is 1. The van der Waals surface area contributed by atoms with Crippen molar-refractivity contribution in [3.63, 3.8) is 0 Å². The molecule has 0 saturated heterocycles. The highest BCUT2D eigenvalue weighted by molar-refractivity contribution is 5.71. The monoisotopic (exact) mass is 284 g/mol. The van der Waals surface area contributed by atoms with Crippen LogP contribution in [-0.4, -0.2) is 20.1 Å². The second-order valence-corrected chi connectivity index (χ2v) is 4.71. The third-order valence-electron chi connectivity index (χ3n) is 3.23. The summed E-state index contributed by atoms with van der Waals surface area (Å²) in [5.74, 6) is 0.211. The Morgan fingerprint density at radius 3 is 2.52 bits per heavy atom. The van der Waals surface area contributed by atoms with Gasteiger partial charge in [0.25, 0.3) is 0 Å². The Labute approximate surface area is 120 Å². The van der Waals surface area contributed by atoms with E-state index in [1.165, 1.54) is 16.8 Å². The summed E-state index contributed by atoms with van der Waals surface area (Å²) < 4.78 is 14.5. The van der Waals surface area contributed by atoms with E-state index in [9.17, 15) is 9.50 Å². The minimum Gasteiger partial charge on any atom is -0.508 e. The summed E-state index contributed by atoms with van der Waals surface area (Å²) in [5, 5.41) is 17.6. The SMILES string of the molecule is Cc1cc(O)ccc1-n1nnc(-c2ccc(F)cc2)c1N. The molecule has 0 unspecified atom stereocenters. The molecule has 3 aromatic rings. The van der Waals surface area contributed by atoms with E-state index in [0.717, 1.165) is 11.3 Å². The number of hydrogen-bond acceptors (Lipinski definition) is 4. The van der Waals surface area contributed by atoms with Crippen molar-refractivity contribution in [2.75, 3.05) is 5.73 Å². The smallest absolute Gasteiger partial charge is 0.155 e. The van der Waals surface area contributed by atoms with Gasteiger partial charge in [-0.2, -0.15) is 4.68 Å². The summed E-state index contributed by atoms with van der Waals surface area (Å²) >= 11 is 0. The number of phenols is 1. The molecule has 0 aliphatic rings. The van der Waals surface area contributed by atoms with Crippen LogP contribution in [0.2, 0.25) is 0 Å². The molecule has 5 nitrogen and oxygen atoms in total. The van der Waals surface area contributed by atoms with Gasteiger partial charge in [0.1, 0.15) is 17.3 Å². The largest absolute Gasteiger partial charge is 0.508 e. The number of nitrogens with zero attached hydrogens (tertiary/aromatic N) is 3. The molecular weight excluding hydrogens is 271 g/mol. The van der Waals surface area contributed by atoms with Crippen LogP contribution in [0.15, 0.2) is 42.5 Å². The van der Waals surface area contributed by atoms with E-state index in [2.05, 4.69) is 10.3 Å². The van der Waals surface area contributed by atoms with Crippen molar-refractivity contribution >= 4 is 5.82 Å². The molecule has 0 bridgehead atoms. The van der Waals surface area contributed by atoms with Crippen LogP contribution in [0.1, 0.15) is 5.56 Å². The minimum atomic E-state index is -0.320. The number of anilines is 1. The molecule has 0 aliphatic carbocycles. The fraction of sp³-hybridized carbons (Fsp3) is 0.0667. The van der Waals surface area contributed by atoms with E-state index in [4.69, 9.17) is 5.73 Å². The highest BCUT2D eigenvalue weighted by atomic mass is 19.1. The van der Waals surface area contributed by atoms with Crippen molar-refractivity contribution in [2.24, 2.45) is 0 Å². The van der Waals surface area contributed by atoms with Crippen LogP contribution in [0.3, 0.4) is 0 Å².